The summed E-state index contributed by atoms with van der Waals surface area (Å²) in [6.07, 6.45) is -4.15. The number of fused-ring (bicyclic) bond motifs is 1. The molecule has 3 aromatic rings. The minimum atomic E-state index is -4.84. The van der Waals surface area contributed by atoms with Gasteiger partial charge >= 0.3 is 21.5 Å². The molecule has 7 N–H and O–H groups in total. The lowest BCUT2D eigenvalue weighted by Crippen LogP contribution is -2.49. The number of nitrogens with one attached hydrogen (secondary N) is 2. The zero-order chi connectivity index (χ0) is 30.9. The number of hydrogen-bond donors (Lipinski definition) is 7. The predicted molar refractivity (Wildman–Crippen MR) is 138 cm³/mol. The van der Waals surface area contributed by atoms with Gasteiger partial charge < -0.3 is 34.4 Å². The number of alkyl halides is 1. The highest BCUT2D eigenvalue weighted by molar-refractivity contribution is 7.52. The van der Waals surface area contributed by atoms with E-state index in [-0.39, 0.29) is 22.4 Å². The second-order valence-corrected chi connectivity index (χ2v) is 12.2. The number of nitrogens with zero attached hydrogens (tertiary/aromatic N) is 3. The zero-order valence-electron chi connectivity index (χ0n) is 21.8. The third-order valence-electron chi connectivity index (χ3n) is 6.31. The number of carbonyl (C=O) groups is 1. The molecule has 6 atom stereocenters. The van der Waals surface area contributed by atoms with Crippen LogP contribution in [-0.4, -0.2) is 82.4 Å². The van der Waals surface area contributed by atoms with Crippen molar-refractivity contribution in [2.45, 2.75) is 43.6 Å². The Morgan fingerprint density at radius 1 is 1.21 bits per heavy atom. The number of carboxylic acids is 1. The Labute approximate surface area is 236 Å². The first kappa shape index (κ1) is 31.9. The topological polar surface area (TPSA) is 247 Å². The third kappa shape index (κ3) is 6.79. The van der Waals surface area contributed by atoms with Crippen LogP contribution in [0.15, 0.2) is 48.8 Å². The molecule has 2 aromatic heterocycles. The molecule has 1 fully saturated rings. The summed E-state index contributed by atoms with van der Waals surface area (Å²) in [6, 6.07) is 8.89. The summed E-state index contributed by atoms with van der Waals surface area (Å²) in [5, 5.41) is 45.5. The van der Waals surface area contributed by atoms with E-state index in [1.807, 2.05) is 0 Å². The van der Waals surface area contributed by atoms with Crippen molar-refractivity contribution in [2.75, 3.05) is 13.3 Å². The number of para-hydroxylation sites is 1. The normalized spacial score (nSPS) is 24.9. The molecule has 0 radical (unpaired) electrons. The van der Waals surface area contributed by atoms with Crippen LogP contribution >= 0.6 is 15.6 Å². The average molecular weight is 635 g/mol. The number of ether oxygens (including phenoxy) is 1. The van der Waals surface area contributed by atoms with E-state index >= 15 is 0 Å². The van der Waals surface area contributed by atoms with Crippen LogP contribution in [0.5, 0.6) is 5.75 Å². The number of halogens is 1. The van der Waals surface area contributed by atoms with Crippen molar-refractivity contribution >= 4 is 27.1 Å². The number of hydrogen-bond acceptors (Lipinski definition) is 11. The molecule has 1 saturated heterocycles. The number of aliphatic hydroxyl groups is 2. The van der Waals surface area contributed by atoms with Gasteiger partial charge in [-0.2, -0.15) is 10.2 Å². The summed E-state index contributed by atoms with van der Waals surface area (Å²) in [6.45, 7) is -1.93. The summed E-state index contributed by atoms with van der Waals surface area (Å²) < 4.78 is 62.1. The van der Waals surface area contributed by atoms with Gasteiger partial charge in [-0.05, 0) is 31.2 Å². The van der Waals surface area contributed by atoms with Crippen LogP contribution in [0, 0.1) is 5.41 Å². The highest BCUT2D eigenvalue weighted by atomic mass is 31.2. The van der Waals surface area contributed by atoms with E-state index in [9.17, 15) is 33.6 Å². The van der Waals surface area contributed by atoms with Crippen LogP contribution < -0.4 is 15.1 Å². The Morgan fingerprint density at radius 2 is 1.90 bits per heavy atom. The quantitative estimate of drug-likeness (QED) is 0.126. The summed E-state index contributed by atoms with van der Waals surface area (Å²) >= 11 is 0. The highest BCUT2D eigenvalue weighted by Crippen LogP contribution is 2.48. The lowest BCUT2D eigenvalue weighted by Gasteiger charge is -2.31. The summed E-state index contributed by atoms with van der Waals surface area (Å²) in [4.78, 5) is 29.2. The molecule has 0 spiro atoms. The number of aliphatic hydroxyl groups excluding tert-OH is 2. The van der Waals surface area contributed by atoms with Crippen LogP contribution in [0.25, 0.3) is 5.52 Å². The fourth-order valence-corrected chi connectivity index (χ4v) is 5.92. The summed E-state index contributed by atoms with van der Waals surface area (Å²) in [7, 11) is -9.38. The Kier molecular flexibility index (Phi) is 9.34. The highest BCUT2D eigenvalue weighted by Gasteiger charge is 2.57. The number of aromatic nitrogens is 3. The summed E-state index contributed by atoms with van der Waals surface area (Å²) in [5.41, 5.74) is -2.46. The lowest BCUT2D eigenvalue weighted by molar-refractivity contribution is -0.138. The number of aliphatic carboxylic acids is 1. The molecule has 1 aliphatic heterocycles. The number of phosphoric acid groups is 1. The van der Waals surface area contributed by atoms with E-state index in [4.69, 9.17) is 29.0 Å². The molecule has 0 aliphatic carbocycles. The minimum Gasteiger partial charge on any atom is -0.480 e. The molecule has 0 bridgehead atoms. The lowest BCUT2D eigenvalue weighted by atomic mass is 9.96. The van der Waals surface area contributed by atoms with Gasteiger partial charge in [-0.25, -0.2) is 18.0 Å². The van der Waals surface area contributed by atoms with E-state index in [1.165, 1.54) is 31.2 Å². The van der Waals surface area contributed by atoms with Crippen molar-refractivity contribution < 1.29 is 61.7 Å². The maximum Gasteiger partial charge on any atom is 0.471 e. The Hall–Kier alpha value is -3.02. The molecule has 0 saturated carbocycles. The van der Waals surface area contributed by atoms with Crippen LogP contribution in [0.4, 0.5) is 4.39 Å². The third-order valence-corrected chi connectivity index (χ3v) is 8.38. The standard InChI is InChI=1S/C22H28FN5O12P2/c1-13(21(31)32)26-41(33,40-14-5-3-2-4-6-14)37-10-22(9-23)19(30)17(29)18(39-22)15-7-8-16-20(24)27(11-25-28(15)16)12-38-42(34,35)36/h2-8,11,13,17-19,24,29-30H,9-10,12H2,1H3,(H,26,33)(H,31,32)(H2,34,35,36)/t13-,17-,18-,19-,22+,41-/m0/s1. The first-order valence-electron chi connectivity index (χ1n) is 12.1. The van der Waals surface area contributed by atoms with Crippen molar-refractivity contribution in [1.29, 1.82) is 5.41 Å². The van der Waals surface area contributed by atoms with Crippen LogP contribution in [0.3, 0.4) is 0 Å². The molecule has 3 heterocycles. The second-order valence-electron chi connectivity index (χ2n) is 9.29. The minimum absolute atomic E-state index is 0.0337. The Morgan fingerprint density at radius 3 is 2.52 bits per heavy atom. The van der Waals surface area contributed by atoms with Gasteiger partial charge in [0, 0.05) is 0 Å². The molecule has 4 rings (SSSR count). The van der Waals surface area contributed by atoms with Gasteiger partial charge in [-0.1, -0.05) is 18.2 Å². The van der Waals surface area contributed by atoms with Gasteiger partial charge in [-0.15, -0.1) is 0 Å². The molecule has 42 heavy (non-hydrogen) atoms. The van der Waals surface area contributed by atoms with Crippen LogP contribution in [-0.2, 0) is 34.4 Å². The zero-order valence-corrected chi connectivity index (χ0v) is 23.5. The van der Waals surface area contributed by atoms with E-state index in [0.29, 0.717) is 0 Å². The Balaban J connectivity index is 1.59. The number of benzene rings is 1. The maximum absolute atomic E-state index is 14.5. The number of carboxylic acid groups (broad SMARTS) is 1. The van der Waals surface area contributed by atoms with Crippen molar-refractivity contribution in [1.82, 2.24) is 19.3 Å². The first-order valence-corrected chi connectivity index (χ1v) is 15.2. The molecule has 230 valence electrons. The van der Waals surface area contributed by atoms with Crippen molar-refractivity contribution in [3.05, 3.63) is 60.0 Å². The maximum atomic E-state index is 14.5. The van der Waals surface area contributed by atoms with E-state index in [0.717, 1.165) is 15.4 Å². The van der Waals surface area contributed by atoms with Gasteiger partial charge in [0.15, 0.2) is 5.49 Å². The van der Waals surface area contributed by atoms with E-state index in [2.05, 4.69) is 14.7 Å². The molecule has 1 aromatic carbocycles. The molecule has 0 unspecified atom stereocenters. The molecule has 1 aliphatic rings. The monoisotopic (exact) mass is 635 g/mol. The largest absolute Gasteiger partial charge is 0.480 e. The van der Waals surface area contributed by atoms with Crippen molar-refractivity contribution in [3.63, 3.8) is 0 Å². The predicted octanol–water partition coefficient (Wildman–Crippen LogP) is 0.450. The smallest absolute Gasteiger partial charge is 0.471 e. The first-order chi connectivity index (χ1) is 19.7. The Bertz CT molecular complexity index is 1580. The van der Waals surface area contributed by atoms with Gasteiger partial charge in [0.1, 0.15) is 61.0 Å². The molecule has 20 heteroatoms. The van der Waals surface area contributed by atoms with Gasteiger partial charge in [0.2, 0.25) is 0 Å². The molecular formula is C22H28FN5O12P2. The molecule has 0 amide bonds. The van der Waals surface area contributed by atoms with Gasteiger partial charge in [0.25, 0.3) is 0 Å². The van der Waals surface area contributed by atoms with Gasteiger partial charge in [-0.3, -0.25) is 23.8 Å². The van der Waals surface area contributed by atoms with Crippen molar-refractivity contribution in [2.24, 2.45) is 0 Å². The average Bonchev–Trinajstić information content (AvgIpc) is 3.47. The SMILES string of the molecule is C[C@H](N[P@](=O)(OC[C@@]1(CF)O[C@@H](c2ccc3c(=N)n(COP(=O)(O)O)cnn23)[C@H](O)[C@@H]1O)Oc1ccccc1)C(=O)O. The van der Waals surface area contributed by atoms with Crippen LogP contribution in [0.2, 0.25) is 0 Å². The van der Waals surface area contributed by atoms with Crippen LogP contribution in [0.1, 0.15) is 18.7 Å². The van der Waals surface area contributed by atoms with Gasteiger partial charge in [0.05, 0.1) is 12.3 Å². The van der Waals surface area contributed by atoms with E-state index < -0.39 is 71.5 Å². The number of rotatable bonds is 13. The second kappa shape index (κ2) is 12.3. The summed E-state index contributed by atoms with van der Waals surface area (Å²) in [5.74, 6) is -1.36. The molecule has 17 nitrogen and oxygen atoms in total. The number of phosphoric ester groups is 1. The van der Waals surface area contributed by atoms with Crippen molar-refractivity contribution in [3.8, 4) is 5.75 Å². The fourth-order valence-electron chi connectivity index (χ4n) is 4.09. The van der Waals surface area contributed by atoms with E-state index in [1.54, 1.807) is 18.2 Å². The fraction of sp³-hybridized carbons (Fsp3) is 0.409. The molecular weight excluding hydrogens is 607 g/mol.